The van der Waals surface area contributed by atoms with Gasteiger partial charge in [-0.2, -0.15) is 0 Å². The SMILES string of the molecule is CCc1ccc(O[C@@H](C)c2nnc(SCC(=O)Nc3cccc(Cl)c3)n2CC)cc1. The summed E-state index contributed by atoms with van der Waals surface area (Å²) in [6.07, 6.45) is 0.727. The summed E-state index contributed by atoms with van der Waals surface area (Å²) in [6.45, 7) is 6.77. The van der Waals surface area contributed by atoms with E-state index in [0.29, 0.717) is 22.4 Å². The molecule has 0 aliphatic carbocycles. The monoisotopic (exact) mass is 444 g/mol. The molecule has 0 bridgehead atoms. The molecule has 3 rings (SSSR count). The molecule has 0 aliphatic heterocycles. The summed E-state index contributed by atoms with van der Waals surface area (Å²) in [7, 11) is 0. The standard InChI is InChI=1S/C22H25ClN4O2S/c1-4-16-9-11-19(12-10-16)29-15(3)21-25-26-22(27(21)5-2)30-14-20(28)24-18-8-6-7-17(23)13-18/h6-13,15H,4-5,14H2,1-3H3,(H,24,28)/t15-/m0/s1. The topological polar surface area (TPSA) is 69.0 Å². The van der Waals surface area contributed by atoms with Crippen molar-refractivity contribution in [2.75, 3.05) is 11.1 Å². The predicted molar refractivity (Wildman–Crippen MR) is 121 cm³/mol. The zero-order chi connectivity index (χ0) is 21.5. The van der Waals surface area contributed by atoms with Crippen molar-refractivity contribution in [1.29, 1.82) is 0 Å². The van der Waals surface area contributed by atoms with Gasteiger partial charge in [-0.25, -0.2) is 0 Å². The highest BCUT2D eigenvalue weighted by Gasteiger charge is 2.19. The van der Waals surface area contributed by atoms with E-state index < -0.39 is 0 Å². The Morgan fingerprint density at radius 3 is 2.63 bits per heavy atom. The minimum absolute atomic E-state index is 0.130. The number of benzene rings is 2. The quantitative estimate of drug-likeness (QED) is 0.448. The molecule has 0 spiro atoms. The van der Waals surface area contributed by atoms with Crippen LogP contribution in [-0.4, -0.2) is 26.4 Å². The molecule has 8 heteroatoms. The Balaban J connectivity index is 1.62. The molecule has 3 aromatic rings. The number of carbonyl (C=O) groups is 1. The number of carbonyl (C=O) groups excluding carboxylic acids is 1. The van der Waals surface area contributed by atoms with Crippen LogP contribution in [0.15, 0.2) is 53.7 Å². The fraction of sp³-hybridized carbons (Fsp3) is 0.318. The molecule has 0 radical (unpaired) electrons. The minimum Gasteiger partial charge on any atom is -0.483 e. The van der Waals surface area contributed by atoms with Gasteiger partial charge < -0.3 is 14.6 Å². The van der Waals surface area contributed by atoms with Gasteiger partial charge in [-0.05, 0) is 56.2 Å². The number of halogens is 1. The minimum atomic E-state index is -0.264. The lowest BCUT2D eigenvalue weighted by Gasteiger charge is -2.16. The zero-order valence-corrected chi connectivity index (χ0v) is 18.8. The van der Waals surface area contributed by atoms with E-state index in [1.807, 2.05) is 30.5 Å². The fourth-order valence-electron chi connectivity index (χ4n) is 2.96. The molecule has 0 fully saturated rings. The van der Waals surface area contributed by atoms with Crippen molar-refractivity contribution in [2.45, 2.75) is 45.0 Å². The molecule has 2 aromatic carbocycles. The Hall–Kier alpha value is -2.51. The molecule has 0 aliphatic rings. The number of aryl methyl sites for hydroxylation is 1. The van der Waals surface area contributed by atoms with Crippen LogP contribution in [0.5, 0.6) is 5.75 Å². The Morgan fingerprint density at radius 1 is 1.20 bits per heavy atom. The second-order valence-electron chi connectivity index (χ2n) is 6.69. The molecule has 0 saturated carbocycles. The summed E-state index contributed by atoms with van der Waals surface area (Å²) in [5.41, 5.74) is 1.93. The summed E-state index contributed by atoms with van der Waals surface area (Å²) in [6, 6.07) is 15.1. The van der Waals surface area contributed by atoms with Crippen molar-refractivity contribution >= 4 is 35.0 Å². The lowest BCUT2D eigenvalue weighted by Crippen LogP contribution is -2.15. The van der Waals surface area contributed by atoms with Gasteiger partial charge in [-0.15, -0.1) is 10.2 Å². The van der Waals surface area contributed by atoms with Crippen LogP contribution in [0.25, 0.3) is 0 Å². The molecule has 1 amide bonds. The van der Waals surface area contributed by atoms with E-state index in [0.717, 1.165) is 18.0 Å². The van der Waals surface area contributed by atoms with Gasteiger partial charge in [0, 0.05) is 17.3 Å². The Morgan fingerprint density at radius 2 is 1.97 bits per heavy atom. The number of anilines is 1. The maximum Gasteiger partial charge on any atom is 0.234 e. The molecule has 1 N–H and O–H groups in total. The molecule has 30 heavy (non-hydrogen) atoms. The van der Waals surface area contributed by atoms with Crippen LogP contribution in [0.1, 0.15) is 38.3 Å². The molecular weight excluding hydrogens is 420 g/mol. The molecule has 158 valence electrons. The van der Waals surface area contributed by atoms with Crippen LogP contribution in [-0.2, 0) is 17.8 Å². The molecular formula is C22H25ClN4O2S. The van der Waals surface area contributed by atoms with E-state index in [-0.39, 0.29) is 17.8 Å². The van der Waals surface area contributed by atoms with Gasteiger partial charge >= 0.3 is 0 Å². The maximum atomic E-state index is 12.3. The third-order valence-corrected chi connectivity index (χ3v) is 5.71. The highest BCUT2D eigenvalue weighted by molar-refractivity contribution is 7.99. The van der Waals surface area contributed by atoms with E-state index in [9.17, 15) is 4.79 Å². The van der Waals surface area contributed by atoms with Gasteiger partial charge in [-0.1, -0.05) is 48.5 Å². The Bertz CT molecular complexity index is 991. The average Bonchev–Trinajstić information content (AvgIpc) is 3.16. The van der Waals surface area contributed by atoms with E-state index in [2.05, 4.69) is 34.6 Å². The number of ether oxygens (including phenoxy) is 1. The van der Waals surface area contributed by atoms with Crippen LogP contribution in [0.3, 0.4) is 0 Å². The van der Waals surface area contributed by atoms with Gasteiger partial charge in [0.15, 0.2) is 17.1 Å². The van der Waals surface area contributed by atoms with Crippen molar-refractivity contribution in [3.63, 3.8) is 0 Å². The van der Waals surface area contributed by atoms with Gasteiger partial charge in [0.25, 0.3) is 0 Å². The van der Waals surface area contributed by atoms with Crippen molar-refractivity contribution in [3.8, 4) is 5.75 Å². The van der Waals surface area contributed by atoms with Crippen LogP contribution in [0, 0.1) is 0 Å². The highest BCUT2D eigenvalue weighted by atomic mass is 35.5. The fourth-order valence-corrected chi connectivity index (χ4v) is 3.96. The van der Waals surface area contributed by atoms with E-state index >= 15 is 0 Å². The summed E-state index contributed by atoms with van der Waals surface area (Å²) < 4.78 is 8.02. The highest BCUT2D eigenvalue weighted by Crippen LogP contribution is 2.25. The average molecular weight is 445 g/mol. The van der Waals surface area contributed by atoms with E-state index in [1.54, 1.807) is 24.3 Å². The van der Waals surface area contributed by atoms with Crippen molar-refractivity contribution in [3.05, 3.63) is 64.9 Å². The van der Waals surface area contributed by atoms with E-state index in [1.165, 1.54) is 17.3 Å². The summed E-state index contributed by atoms with van der Waals surface area (Å²) in [4.78, 5) is 12.3. The molecule has 1 heterocycles. The van der Waals surface area contributed by atoms with Crippen LogP contribution in [0.4, 0.5) is 5.69 Å². The number of thioether (sulfide) groups is 1. The first-order valence-corrected chi connectivity index (χ1v) is 11.2. The van der Waals surface area contributed by atoms with Crippen LogP contribution < -0.4 is 10.1 Å². The summed E-state index contributed by atoms with van der Waals surface area (Å²) >= 11 is 7.30. The first kappa shape index (κ1) is 22.2. The van der Waals surface area contributed by atoms with Gasteiger partial charge in [-0.3, -0.25) is 4.79 Å². The normalized spacial score (nSPS) is 11.9. The smallest absolute Gasteiger partial charge is 0.234 e. The Kier molecular flexibility index (Phi) is 7.76. The lowest BCUT2D eigenvalue weighted by atomic mass is 10.2. The summed E-state index contributed by atoms with van der Waals surface area (Å²) in [5, 5.41) is 12.7. The van der Waals surface area contributed by atoms with Gasteiger partial charge in [0.2, 0.25) is 5.91 Å². The largest absolute Gasteiger partial charge is 0.483 e. The number of nitrogens with one attached hydrogen (secondary N) is 1. The predicted octanol–water partition coefficient (Wildman–Crippen LogP) is 5.38. The number of hydrogen-bond acceptors (Lipinski definition) is 5. The first-order chi connectivity index (χ1) is 14.5. The molecule has 1 aromatic heterocycles. The first-order valence-electron chi connectivity index (χ1n) is 9.87. The molecule has 1 atom stereocenters. The maximum absolute atomic E-state index is 12.3. The molecule has 0 unspecified atom stereocenters. The third-order valence-electron chi connectivity index (χ3n) is 4.51. The molecule has 0 saturated heterocycles. The van der Waals surface area contributed by atoms with Crippen LogP contribution in [0.2, 0.25) is 5.02 Å². The number of aromatic nitrogens is 3. The number of rotatable bonds is 9. The second kappa shape index (κ2) is 10.5. The van der Waals surface area contributed by atoms with Gasteiger partial charge in [0.05, 0.1) is 5.75 Å². The molecule has 6 nitrogen and oxygen atoms in total. The van der Waals surface area contributed by atoms with Crippen molar-refractivity contribution in [2.24, 2.45) is 0 Å². The second-order valence-corrected chi connectivity index (χ2v) is 8.07. The third kappa shape index (κ3) is 5.77. The Labute approximate surface area is 186 Å². The number of nitrogens with zero attached hydrogens (tertiary/aromatic N) is 3. The summed E-state index contributed by atoms with van der Waals surface area (Å²) in [5.74, 6) is 1.61. The lowest BCUT2D eigenvalue weighted by molar-refractivity contribution is -0.113. The van der Waals surface area contributed by atoms with E-state index in [4.69, 9.17) is 16.3 Å². The number of hydrogen-bond donors (Lipinski definition) is 1. The number of amides is 1. The zero-order valence-electron chi connectivity index (χ0n) is 17.3. The van der Waals surface area contributed by atoms with Crippen molar-refractivity contribution < 1.29 is 9.53 Å². The van der Waals surface area contributed by atoms with Gasteiger partial charge in [0.1, 0.15) is 5.75 Å². The van der Waals surface area contributed by atoms with Crippen molar-refractivity contribution in [1.82, 2.24) is 14.8 Å². The van der Waals surface area contributed by atoms with Crippen LogP contribution >= 0.6 is 23.4 Å².